The van der Waals surface area contributed by atoms with Gasteiger partial charge < -0.3 is 20.3 Å². The number of carbonyl (C=O) groups excluding carboxylic acids is 1. The second kappa shape index (κ2) is 14.9. The average Bonchev–Trinajstić information content (AvgIpc) is 3.09. The normalized spacial score (nSPS) is 17.3. The Morgan fingerprint density at radius 2 is 1.65 bits per heavy atom. The van der Waals surface area contributed by atoms with E-state index < -0.39 is 6.04 Å². The van der Waals surface area contributed by atoms with Crippen LogP contribution in [0, 0.1) is 11.7 Å². The molecule has 2 aliphatic rings. The third-order valence-electron chi connectivity index (χ3n) is 9.71. The van der Waals surface area contributed by atoms with Gasteiger partial charge in [0.2, 0.25) is 5.91 Å². The second-order valence-corrected chi connectivity index (χ2v) is 13.0. The van der Waals surface area contributed by atoms with Crippen molar-refractivity contribution in [1.29, 1.82) is 0 Å². The number of piperazine rings is 1. The number of carbonyl (C=O) groups is 1. The van der Waals surface area contributed by atoms with Gasteiger partial charge in [-0.05, 0) is 96.9 Å². The molecule has 1 amide bonds. The first-order valence-corrected chi connectivity index (χ1v) is 16.9. The molecule has 242 valence electrons. The summed E-state index contributed by atoms with van der Waals surface area (Å²) in [6, 6.07) is 25.7. The zero-order valence-electron chi connectivity index (χ0n) is 26.6. The van der Waals surface area contributed by atoms with E-state index in [9.17, 15) is 9.18 Å². The van der Waals surface area contributed by atoms with Crippen molar-refractivity contribution >= 4 is 28.3 Å². The standard InChI is InChI=1S/C38H44ClFN4O2/c1-2-46-36-12-6-11-35(40)34(36)26-43-21-23-44(24-22-43)38(45)37(41)28-15-18-42(19-16-28)20-17-29-25-30(39)13-14-32(29)33-10-5-8-27-7-3-4-9-31(27)33/h3-14,25,28,37H,2,15-24,26,41H2,1H3/t37-/m1/s1. The highest BCUT2D eigenvalue weighted by atomic mass is 35.5. The topological polar surface area (TPSA) is 62.0 Å². The number of amides is 1. The molecule has 6 rings (SSSR count). The number of likely N-dealkylation sites (tertiary alicyclic amines) is 1. The van der Waals surface area contributed by atoms with Crippen molar-refractivity contribution in [3.8, 4) is 16.9 Å². The summed E-state index contributed by atoms with van der Waals surface area (Å²) >= 11 is 6.47. The number of halogens is 2. The summed E-state index contributed by atoms with van der Waals surface area (Å²) in [6.45, 7) is 8.20. The van der Waals surface area contributed by atoms with Crippen LogP contribution in [0.25, 0.3) is 21.9 Å². The fraction of sp³-hybridized carbons (Fsp3) is 0.395. The van der Waals surface area contributed by atoms with Crippen molar-refractivity contribution in [2.24, 2.45) is 11.7 Å². The number of hydrogen-bond donors (Lipinski definition) is 1. The van der Waals surface area contributed by atoms with Crippen LogP contribution < -0.4 is 10.5 Å². The molecule has 8 heteroatoms. The van der Waals surface area contributed by atoms with Crippen molar-refractivity contribution < 1.29 is 13.9 Å². The van der Waals surface area contributed by atoms with Crippen LogP contribution in [-0.2, 0) is 17.8 Å². The highest BCUT2D eigenvalue weighted by Crippen LogP contribution is 2.33. The summed E-state index contributed by atoms with van der Waals surface area (Å²) in [6.07, 6.45) is 2.72. The molecule has 0 bridgehead atoms. The van der Waals surface area contributed by atoms with Gasteiger partial charge in [0.05, 0.1) is 12.6 Å². The molecule has 2 saturated heterocycles. The number of nitrogens with zero attached hydrogens (tertiary/aromatic N) is 3. The third kappa shape index (κ3) is 7.39. The van der Waals surface area contributed by atoms with Gasteiger partial charge in [-0.2, -0.15) is 0 Å². The molecule has 2 aliphatic heterocycles. The summed E-state index contributed by atoms with van der Waals surface area (Å²) < 4.78 is 20.2. The highest BCUT2D eigenvalue weighted by Gasteiger charge is 2.33. The fourth-order valence-corrected chi connectivity index (χ4v) is 7.25. The Bertz CT molecular complexity index is 1640. The van der Waals surface area contributed by atoms with Crippen molar-refractivity contribution in [3.05, 3.63) is 101 Å². The van der Waals surface area contributed by atoms with Gasteiger partial charge in [-0.3, -0.25) is 9.69 Å². The predicted molar refractivity (Wildman–Crippen MR) is 185 cm³/mol. The van der Waals surface area contributed by atoms with Gasteiger partial charge in [0, 0.05) is 49.9 Å². The molecular formula is C38H44ClFN4O2. The predicted octanol–water partition coefficient (Wildman–Crippen LogP) is 6.62. The van der Waals surface area contributed by atoms with E-state index in [-0.39, 0.29) is 17.6 Å². The maximum Gasteiger partial charge on any atom is 0.239 e. The molecule has 0 spiro atoms. The minimum absolute atomic E-state index is 0.0395. The van der Waals surface area contributed by atoms with Gasteiger partial charge in [-0.15, -0.1) is 0 Å². The number of fused-ring (bicyclic) bond motifs is 1. The number of piperidine rings is 1. The monoisotopic (exact) mass is 642 g/mol. The van der Waals surface area contributed by atoms with Gasteiger partial charge in [0.15, 0.2) is 0 Å². The van der Waals surface area contributed by atoms with Gasteiger partial charge in [0.25, 0.3) is 0 Å². The molecular weight excluding hydrogens is 599 g/mol. The van der Waals surface area contributed by atoms with Crippen LogP contribution in [0.4, 0.5) is 4.39 Å². The van der Waals surface area contributed by atoms with E-state index in [4.69, 9.17) is 22.1 Å². The lowest BCUT2D eigenvalue weighted by Gasteiger charge is -2.39. The molecule has 4 aromatic carbocycles. The SMILES string of the molecule is CCOc1cccc(F)c1CN1CCN(C(=O)[C@H](N)C2CCN(CCc3cc(Cl)ccc3-c3cccc4ccccc34)CC2)CC1. The van der Waals surface area contributed by atoms with Crippen molar-refractivity contribution in [2.45, 2.75) is 38.8 Å². The Balaban J connectivity index is 0.999. The van der Waals surface area contributed by atoms with E-state index in [0.29, 0.717) is 50.6 Å². The van der Waals surface area contributed by atoms with Crippen LogP contribution in [0.5, 0.6) is 5.75 Å². The number of hydrogen-bond acceptors (Lipinski definition) is 5. The van der Waals surface area contributed by atoms with Crippen LogP contribution >= 0.6 is 11.6 Å². The molecule has 0 aromatic heterocycles. The molecule has 2 N–H and O–H groups in total. The van der Waals surface area contributed by atoms with Crippen LogP contribution in [0.1, 0.15) is 30.9 Å². The van der Waals surface area contributed by atoms with Crippen LogP contribution in [0.3, 0.4) is 0 Å². The minimum atomic E-state index is -0.490. The summed E-state index contributed by atoms with van der Waals surface area (Å²) in [5, 5.41) is 3.23. The lowest BCUT2D eigenvalue weighted by molar-refractivity contribution is -0.136. The number of benzene rings is 4. The van der Waals surface area contributed by atoms with E-state index in [0.717, 1.165) is 43.9 Å². The van der Waals surface area contributed by atoms with E-state index >= 15 is 0 Å². The van der Waals surface area contributed by atoms with Crippen LogP contribution in [-0.4, -0.2) is 79.1 Å². The summed E-state index contributed by atoms with van der Waals surface area (Å²) in [7, 11) is 0. The Morgan fingerprint density at radius 1 is 0.913 bits per heavy atom. The highest BCUT2D eigenvalue weighted by molar-refractivity contribution is 6.30. The van der Waals surface area contributed by atoms with E-state index in [1.807, 2.05) is 24.0 Å². The molecule has 6 nitrogen and oxygen atoms in total. The number of nitrogens with two attached hydrogens (primary N) is 1. The summed E-state index contributed by atoms with van der Waals surface area (Å²) in [5.41, 5.74) is 10.9. The Kier molecular flexibility index (Phi) is 10.5. The zero-order valence-corrected chi connectivity index (χ0v) is 27.4. The largest absolute Gasteiger partial charge is 0.493 e. The molecule has 1 atom stereocenters. The number of ether oxygens (including phenoxy) is 1. The lowest BCUT2D eigenvalue weighted by atomic mass is 9.88. The maximum absolute atomic E-state index is 14.6. The third-order valence-corrected chi connectivity index (χ3v) is 9.95. The van der Waals surface area contributed by atoms with E-state index in [1.165, 1.54) is 33.5 Å². The number of rotatable bonds is 10. The van der Waals surface area contributed by atoms with Gasteiger partial charge in [-0.1, -0.05) is 66.2 Å². The lowest BCUT2D eigenvalue weighted by Crippen LogP contribution is -2.55. The second-order valence-electron chi connectivity index (χ2n) is 12.5. The molecule has 2 heterocycles. The first-order valence-electron chi connectivity index (χ1n) is 16.6. The van der Waals surface area contributed by atoms with Crippen molar-refractivity contribution in [1.82, 2.24) is 14.7 Å². The average molecular weight is 643 g/mol. The Hall–Kier alpha value is -3.49. The smallest absolute Gasteiger partial charge is 0.239 e. The first-order chi connectivity index (χ1) is 22.4. The summed E-state index contributed by atoms with van der Waals surface area (Å²) in [4.78, 5) is 20.0. The quantitative estimate of drug-likeness (QED) is 0.211. The maximum atomic E-state index is 14.6. The molecule has 0 unspecified atom stereocenters. The molecule has 0 saturated carbocycles. The van der Waals surface area contributed by atoms with Gasteiger partial charge in [-0.25, -0.2) is 4.39 Å². The van der Waals surface area contributed by atoms with Crippen molar-refractivity contribution in [3.63, 3.8) is 0 Å². The molecule has 4 aromatic rings. The molecule has 0 aliphatic carbocycles. The van der Waals surface area contributed by atoms with Crippen LogP contribution in [0.15, 0.2) is 78.9 Å². The Labute approximate surface area is 276 Å². The first kappa shape index (κ1) is 32.5. The minimum Gasteiger partial charge on any atom is -0.493 e. The van der Waals surface area contributed by atoms with E-state index in [2.05, 4.69) is 64.4 Å². The zero-order chi connectivity index (χ0) is 32.0. The van der Waals surface area contributed by atoms with Gasteiger partial charge >= 0.3 is 0 Å². The fourth-order valence-electron chi connectivity index (χ4n) is 7.05. The van der Waals surface area contributed by atoms with E-state index in [1.54, 1.807) is 6.07 Å². The van der Waals surface area contributed by atoms with Crippen molar-refractivity contribution in [2.75, 3.05) is 52.4 Å². The Morgan fingerprint density at radius 3 is 2.43 bits per heavy atom. The molecule has 0 radical (unpaired) electrons. The summed E-state index contributed by atoms with van der Waals surface area (Å²) in [5.74, 6) is 0.548. The van der Waals surface area contributed by atoms with Gasteiger partial charge in [0.1, 0.15) is 11.6 Å². The molecule has 2 fully saturated rings. The molecule has 46 heavy (non-hydrogen) atoms. The van der Waals surface area contributed by atoms with Crippen LogP contribution in [0.2, 0.25) is 5.02 Å².